The van der Waals surface area contributed by atoms with Gasteiger partial charge in [-0.3, -0.25) is 9.69 Å². The average molecular weight is 539 g/mol. The molecule has 1 aliphatic heterocycles. The lowest BCUT2D eigenvalue weighted by Crippen LogP contribution is -2.43. The lowest BCUT2D eigenvalue weighted by molar-refractivity contribution is 0.00821. The van der Waals surface area contributed by atoms with Gasteiger partial charge in [-0.25, -0.2) is 28.6 Å². The molecule has 4 rings (SSSR count). The molecular formula is C27H31FN6O5. The Balaban J connectivity index is 1.63. The second-order valence-corrected chi connectivity index (χ2v) is 10.4. The predicted molar refractivity (Wildman–Crippen MR) is 141 cm³/mol. The molecule has 1 aromatic carbocycles. The summed E-state index contributed by atoms with van der Waals surface area (Å²) < 4.78 is 20.0. The molecule has 0 aliphatic carbocycles. The highest BCUT2D eigenvalue weighted by atomic mass is 19.1. The molecule has 39 heavy (non-hydrogen) atoms. The van der Waals surface area contributed by atoms with Gasteiger partial charge >= 0.3 is 12.1 Å². The number of pyridine rings is 1. The first-order valence-electron chi connectivity index (χ1n) is 12.5. The maximum Gasteiger partial charge on any atom is 0.410 e. The summed E-state index contributed by atoms with van der Waals surface area (Å²) in [5.74, 6) is 4.44. The number of nitrogen functional groups attached to an aromatic ring is 1. The number of carbonyl (C=O) groups is 3. The number of amides is 2. The van der Waals surface area contributed by atoms with Crippen LogP contribution in [0.15, 0.2) is 36.5 Å². The van der Waals surface area contributed by atoms with E-state index < -0.39 is 35.4 Å². The van der Waals surface area contributed by atoms with Crippen molar-refractivity contribution in [1.29, 1.82) is 0 Å². The molecule has 11 nitrogen and oxygen atoms in total. The number of carbonyl (C=O) groups excluding carboxylic acids is 2. The van der Waals surface area contributed by atoms with Crippen LogP contribution in [-0.4, -0.2) is 54.8 Å². The second kappa shape index (κ2) is 10.7. The molecule has 1 saturated heterocycles. The third-order valence-corrected chi connectivity index (χ3v) is 6.28. The SMILES string of the molecule is Cc1cc(NC(=O)c2ccc(-c3nc([C@@H]4CCCCN4C(=O)OC(C)(C)C)n(N)c3C(=O)O)cc2)ncc1F. The van der Waals surface area contributed by atoms with Gasteiger partial charge in [-0.15, -0.1) is 0 Å². The minimum Gasteiger partial charge on any atom is -0.476 e. The van der Waals surface area contributed by atoms with Crippen LogP contribution in [-0.2, 0) is 4.74 Å². The van der Waals surface area contributed by atoms with Gasteiger partial charge in [0.25, 0.3) is 5.91 Å². The minimum absolute atomic E-state index is 0.109. The van der Waals surface area contributed by atoms with E-state index >= 15 is 0 Å². The Kier molecular flexibility index (Phi) is 7.57. The Labute approximate surface area is 224 Å². The molecule has 3 aromatic rings. The number of ether oxygens (including phenoxy) is 1. The van der Waals surface area contributed by atoms with Gasteiger partial charge in [-0.2, -0.15) is 0 Å². The summed E-state index contributed by atoms with van der Waals surface area (Å²) in [4.78, 5) is 47.8. The summed E-state index contributed by atoms with van der Waals surface area (Å²) in [6, 6.07) is 6.99. The Morgan fingerprint density at radius 2 is 1.87 bits per heavy atom. The van der Waals surface area contributed by atoms with E-state index in [0.717, 1.165) is 23.7 Å². The van der Waals surface area contributed by atoms with Crippen LogP contribution in [0.4, 0.5) is 15.0 Å². The quantitative estimate of drug-likeness (QED) is 0.401. The monoisotopic (exact) mass is 538 g/mol. The van der Waals surface area contributed by atoms with Crippen LogP contribution in [0.1, 0.15) is 78.3 Å². The number of halogens is 1. The first-order chi connectivity index (χ1) is 18.4. The fourth-order valence-electron chi connectivity index (χ4n) is 4.41. The summed E-state index contributed by atoms with van der Waals surface area (Å²) in [5.41, 5.74) is 0.197. The molecule has 206 valence electrons. The van der Waals surface area contributed by atoms with Crippen molar-refractivity contribution >= 4 is 23.8 Å². The zero-order valence-corrected chi connectivity index (χ0v) is 22.2. The van der Waals surface area contributed by atoms with Crippen molar-refractivity contribution in [2.45, 2.75) is 58.6 Å². The molecule has 1 fully saturated rings. The molecule has 0 radical (unpaired) electrons. The van der Waals surface area contributed by atoms with E-state index in [1.54, 1.807) is 39.8 Å². The van der Waals surface area contributed by atoms with Crippen LogP contribution in [0, 0.1) is 12.7 Å². The number of hydrogen-bond acceptors (Lipinski definition) is 7. The Hall–Kier alpha value is -4.48. The molecule has 2 aromatic heterocycles. The number of carboxylic acids is 1. The highest BCUT2D eigenvalue weighted by Gasteiger charge is 2.36. The van der Waals surface area contributed by atoms with Crippen molar-refractivity contribution in [3.8, 4) is 11.3 Å². The fraction of sp³-hybridized carbons (Fsp3) is 0.370. The van der Waals surface area contributed by atoms with Gasteiger partial charge in [0, 0.05) is 17.7 Å². The molecule has 1 aliphatic rings. The largest absolute Gasteiger partial charge is 0.476 e. The average Bonchev–Trinajstić information content (AvgIpc) is 3.22. The number of anilines is 1. The highest BCUT2D eigenvalue weighted by Crippen LogP contribution is 2.34. The highest BCUT2D eigenvalue weighted by molar-refractivity contribution is 6.04. The summed E-state index contributed by atoms with van der Waals surface area (Å²) in [7, 11) is 0. The summed E-state index contributed by atoms with van der Waals surface area (Å²) in [5, 5.41) is 12.6. The number of benzene rings is 1. The smallest absolute Gasteiger partial charge is 0.410 e. The number of imidazole rings is 1. The molecule has 4 N–H and O–H groups in total. The van der Waals surface area contributed by atoms with Crippen molar-refractivity contribution in [3.05, 3.63) is 65.0 Å². The molecule has 2 amide bonds. The van der Waals surface area contributed by atoms with E-state index in [-0.39, 0.29) is 28.6 Å². The molecule has 0 bridgehead atoms. The maximum absolute atomic E-state index is 13.5. The van der Waals surface area contributed by atoms with Crippen molar-refractivity contribution in [2.75, 3.05) is 17.7 Å². The Bertz CT molecular complexity index is 1410. The number of hydrogen-bond donors (Lipinski definition) is 3. The Morgan fingerprint density at radius 3 is 2.49 bits per heavy atom. The van der Waals surface area contributed by atoms with E-state index in [0.29, 0.717) is 24.1 Å². The topological polar surface area (TPSA) is 153 Å². The summed E-state index contributed by atoms with van der Waals surface area (Å²) in [6.07, 6.45) is 2.63. The van der Waals surface area contributed by atoms with E-state index in [1.807, 2.05) is 0 Å². The molecule has 0 spiro atoms. The lowest BCUT2D eigenvalue weighted by atomic mass is 10.0. The number of nitrogens with two attached hydrogens (primary N) is 1. The van der Waals surface area contributed by atoms with E-state index in [9.17, 15) is 23.9 Å². The standard InChI is InChI=1S/C27H31FN6O5/c1-15-13-20(30-14-18(15)28)31-24(35)17-10-8-16(9-11-17)21-22(25(36)37)34(29)23(32-21)19-7-5-6-12-33(19)26(38)39-27(2,3)4/h8-11,13-14,19H,5-7,12,29H2,1-4H3,(H,36,37)(H,30,31,35)/t19-/m0/s1. The van der Waals surface area contributed by atoms with Crippen molar-refractivity contribution in [1.82, 2.24) is 19.5 Å². The van der Waals surface area contributed by atoms with Crippen LogP contribution >= 0.6 is 0 Å². The van der Waals surface area contributed by atoms with Gasteiger partial charge in [-0.1, -0.05) is 12.1 Å². The van der Waals surface area contributed by atoms with Gasteiger partial charge in [0.1, 0.15) is 22.9 Å². The van der Waals surface area contributed by atoms with Crippen LogP contribution in [0.25, 0.3) is 11.3 Å². The lowest BCUT2D eigenvalue weighted by Gasteiger charge is -2.36. The van der Waals surface area contributed by atoms with Crippen molar-refractivity contribution in [2.24, 2.45) is 0 Å². The maximum atomic E-state index is 13.5. The number of carboxylic acid groups (broad SMARTS) is 1. The number of likely N-dealkylation sites (tertiary alicyclic amines) is 1. The number of aromatic nitrogens is 3. The second-order valence-electron chi connectivity index (χ2n) is 10.4. The molecule has 1 atom stereocenters. The summed E-state index contributed by atoms with van der Waals surface area (Å²) in [6.45, 7) is 7.31. The van der Waals surface area contributed by atoms with Crippen LogP contribution in [0.2, 0.25) is 0 Å². The van der Waals surface area contributed by atoms with E-state index in [4.69, 9.17) is 10.6 Å². The number of aromatic carboxylic acids is 1. The van der Waals surface area contributed by atoms with Crippen molar-refractivity contribution in [3.63, 3.8) is 0 Å². The fourth-order valence-corrected chi connectivity index (χ4v) is 4.41. The number of nitrogens with zero attached hydrogens (tertiary/aromatic N) is 4. The number of nitrogens with one attached hydrogen (secondary N) is 1. The number of piperidine rings is 1. The molecule has 3 heterocycles. The predicted octanol–water partition coefficient (Wildman–Crippen LogP) is 4.52. The van der Waals surface area contributed by atoms with Gasteiger partial charge < -0.3 is 21.0 Å². The van der Waals surface area contributed by atoms with Crippen LogP contribution < -0.4 is 11.2 Å². The van der Waals surface area contributed by atoms with Gasteiger partial charge in [0.15, 0.2) is 11.5 Å². The molecule has 0 unspecified atom stereocenters. The molecular weight excluding hydrogens is 507 g/mol. The van der Waals surface area contributed by atoms with Gasteiger partial charge in [-0.05, 0) is 70.7 Å². The third kappa shape index (κ3) is 6.00. The first kappa shape index (κ1) is 27.6. The zero-order valence-electron chi connectivity index (χ0n) is 22.2. The van der Waals surface area contributed by atoms with Gasteiger partial charge in [0.05, 0.1) is 12.2 Å². The third-order valence-electron chi connectivity index (χ3n) is 6.28. The first-order valence-corrected chi connectivity index (χ1v) is 12.5. The van der Waals surface area contributed by atoms with E-state index in [1.165, 1.54) is 23.1 Å². The van der Waals surface area contributed by atoms with Crippen molar-refractivity contribution < 1.29 is 28.6 Å². The molecule has 12 heteroatoms. The number of rotatable bonds is 5. The van der Waals surface area contributed by atoms with E-state index in [2.05, 4.69) is 15.3 Å². The summed E-state index contributed by atoms with van der Waals surface area (Å²) >= 11 is 0. The number of aryl methyl sites for hydroxylation is 1. The zero-order chi connectivity index (χ0) is 28.5. The van der Waals surface area contributed by atoms with Gasteiger partial charge in [0.2, 0.25) is 0 Å². The van der Waals surface area contributed by atoms with Crippen LogP contribution in [0.5, 0.6) is 0 Å². The Morgan fingerprint density at radius 1 is 1.18 bits per heavy atom. The van der Waals surface area contributed by atoms with Crippen LogP contribution in [0.3, 0.4) is 0 Å². The normalized spacial score (nSPS) is 15.6. The minimum atomic E-state index is -1.29. The molecule has 0 saturated carbocycles.